The van der Waals surface area contributed by atoms with Gasteiger partial charge >= 0.3 is 0 Å². The number of hydrogen-bond donors (Lipinski definition) is 1. The molecule has 3 atom stereocenters. The van der Waals surface area contributed by atoms with Crippen molar-refractivity contribution in [2.45, 2.75) is 51.1 Å². The lowest BCUT2D eigenvalue weighted by Gasteiger charge is -2.49. The minimum Gasteiger partial charge on any atom is -0.329 e. The molecule has 2 N–H and O–H groups in total. The largest absolute Gasteiger partial charge is 0.329 e. The number of hydrogen-bond acceptors (Lipinski definition) is 3. The topological polar surface area (TPSA) is 32.5 Å². The molecule has 3 unspecified atom stereocenters. The van der Waals surface area contributed by atoms with Gasteiger partial charge in [0.15, 0.2) is 0 Å². The Hall–Kier alpha value is -0.120. The fourth-order valence-corrected chi connectivity index (χ4v) is 3.97. The Morgan fingerprint density at radius 1 is 1.35 bits per heavy atom. The second kappa shape index (κ2) is 5.25. The lowest BCUT2D eigenvalue weighted by atomic mass is 9.90. The zero-order chi connectivity index (χ0) is 12.5. The minimum atomic E-state index is 0.321. The Morgan fingerprint density at radius 2 is 2.12 bits per heavy atom. The van der Waals surface area contributed by atoms with Gasteiger partial charge in [-0.05, 0) is 39.2 Å². The van der Waals surface area contributed by atoms with Crippen LogP contribution in [0.3, 0.4) is 0 Å². The van der Waals surface area contributed by atoms with E-state index >= 15 is 0 Å². The first-order valence-electron chi connectivity index (χ1n) is 7.26. The van der Waals surface area contributed by atoms with Gasteiger partial charge in [0.25, 0.3) is 0 Å². The van der Waals surface area contributed by atoms with Crippen molar-refractivity contribution in [3.63, 3.8) is 0 Å². The van der Waals surface area contributed by atoms with Gasteiger partial charge in [0, 0.05) is 37.8 Å². The first kappa shape index (κ1) is 13.3. The molecule has 0 aromatic carbocycles. The third kappa shape index (κ3) is 2.51. The van der Waals surface area contributed by atoms with Gasteiger partial charge in [-0.15, -0.1) is 0 Å². The molecule has 2 aliphatic rings. The summed E-state index contributed by atoms with van der Waals surface area (Å²) in [4.78, 5) is 5.17. The molecule has 0 bridgehead atoms. The molecular weight excluding hydrogens is 210 g/mol. The molecule has 3 nitrogen and oxygen atoms in total. The normalized spacial score (nSPS) is 40.9. The third-order valence-corrected chi connectivity index (χ3v) is 5.08. The molecule has 1 saturated carbocycles. The molecule has 17 heavy (non-hydrogen) atoms. The van der Waals surface area contributed by atoms with E-state index in [0.717, 1.165) is 12.5 Å². The molecular formula is C14H29N3. The number of nitrogens with two attached hydrogens (primary N) is 1. The van der Waals surface area contributed by atoms with Crippen LogP contribution in [0.5, 0.6) is 0 Å². The van der Waals surface area contributed by atoms with Crippen molar-refractivity contribution in [1.82, 2.24) is 9.80 Å². The molecule has 1 saturated heterocycles. The van der Waals surface area contributed by atoms with Crippen LogP contribution >= 0.6 is 0 Å². The highest BCUT2D eigenvalue weighted by molar-refractivity contribution is 5.01. The predicted molar refractivity (Wildman–Crippen MR) is 73.1 cm³/mol. The first-order valence-corrected chi connectivity index (χ1v) is 7.26. The third-order valence-electron chi connectivity index (χ3n) is 5.08. The number of rotatable bonds is 3. The van der Waals surface area contributed by atoms with Crippen molar-refractivity contribution >= 4 is 0 Å². The molecule has 1 aliphatic carbocycles. The zero-order valence-electron chi connectivity index (χ0n) is 11.8. The number of nitrogens with zero attached hydrogens (tertiary/aromatic N) is 2. The summed E-state index contributed by atoms with van der Waals surface area (Å²) in [6.45, 7) is 9.13. The molecule has 1 heterocycles. The van der Waals surface area contributed by atoms with Gasteiger partial charge in [0.2, 0.25) is 0 Å². The summed E-state index contributed by atoms with van der Waals surface area (Å²) < 4.78 is 0. The smallest absolute Gasteiger partial charge is 0.0338 e. The Kier molecular flexibility index (Phi) is 4.11. The van der Waals surface area contributed by atoms with Crippen LogP contribution in [-0.4, -0.2) is 54.6 Å². The number of likely N-dealkylation sites (N-methyl/N-ethyl adjacent to an activating group) is 1. The lowest BCUT2D eigenvalue weighted by molar-refractivity contribution is 0.00413. The fraction of sp³-hybridized carbons (Fsp3) is 1.00. The molecule has 2 rings (SSSR count). The highest BCUT2D eigenvalue weighted by Crippen LogP contribution is 2.41. The summed E-state index contributed by atoms with van der Waals surface area (Å²) in [6, 6.07) is 0.660. The summed E-state index contributed by atoms with van der Waals surface area (Å²) >= 11 is 0. The van der Waals surface area contributed by atoms with E-state index in [1.165, 1.54) is 45.3 Å². The summed E-state index contributed by atoms with van der Waals surface area (Å²) in [6.07, 6.45) is 5.35. The van der Waals surface area contributed by atoms with Gasteiger partial charge in [-0.1, -0.05) is 13.3 Å². The Bertz CT molecular complexity index is 256. The van der Waals surface area contributed by atoms with Crippen molar-refractivity contribution in [2.75, 3.05) is 33.2 Å². The van der Waals surface area contributed by atoms with Gasteiger partial charge < -0.3 is 10.6 Å². The van der Waals surface area contributed by atoms with Crippen LogP contribution in [0, 0.1) is 5.92 Å². The highest BCUT2D eigenvalue weighted by atomic mass is 15.3. The maximum absolute atomic E-state index is 6.16. The maximum Gasteiger partial charge on any atom is 0.0338 e. The van der Waals surface area contributed by atoms with Gasteiger partial charge in [-0.25, -0.2) is 0 Å². The van der Waals surface area contributed by atoms with E-state index in [2.05, 4.69) is 30.7 Å². The summed E-state index contributed by atoms with van der Waals surface area (Å²) in [5.74, 6) is 0.908. The van der Waals surface area contributed by atoms with Crippen LogP contribution in [0.1, 0.15) is 39.5 Å². The van der Waals surface area contributed by atoms with Crippen molar-refractivity contribution in [3.05, 3.63) is 0 Å². The van der Waals surface area contributed by atoms with Gasteiger partial charge in [0.1, 0.15) is 0 Å². The molecule has 0 aromatic rings. The molecule has 0 amide bonds. The Morgan fingerprint density at radius 3 is 2.65 bits per heavy atom. The van der Waals surface area contributed by atoms with Crippen molar-refractivity contribution in [1.29, 1.82) is 0 Å². The van der Waals surface area contributed by atoms with Crippen LogP contribution in [0.2, 0.25) is 0 Å². The summed E-state index contributed by atoms with van der Waals surface area (Å²) in [5.41, 5.74) is 6.48. The Labute approximate surface area is 106 Å². The van der Waals surface area contributed by atoms with E-state index in [0.29, 0.717) is 11.6 Å². The van der Waals surface area contributed by atoms with Crippen LogP contribution in [0.4, 0.5) is 0 Å². The van der Waals surface area contributed by atoms with E-state index < -0.39 is 0 Å². The summed E-state index contributed by atoms with van der Waals surface area (Å²) in [5, 5.41) is 0. The first-order chi connectivity index (χ1) is 8.11. The molecule has 0 spiro atoms. The van der Waals surface area contributed by atoms with Gasteiger partial charge in [-0.2, -0.15) is 0 Å². The van der Waals surface area contributed by atoms with Gasteiger partial charge in [-0.3, -0.25) is 4.90 Å². The van der Waals surface area contributed by atoms with E-state index in [1.807, 2.05) is 0 Å². The lowest BCUT2D eigenvalue weighted by Crippen LogP contribution is -2.62. The second-order valence-corrected chi connectivity index (χ2v) is 6.25. The van der Waals surface area contributed by atoms with E-state index in [1.54, 1.807) is 0 Å². The minimum absolute atomic E-state index is 0.321. The zero-order valence-corrected chi connectivity index (χ0v) is 11.8. The molecule has 1 aliphatic heterocycles. The molecule has 2 fully saturated rings. The average Bonchev–Trinajstić information content (AvgIpc) is 2.74. The van der Waals surface area contributed by atoms with Crippen molar-refractivity contribution in [2.24, 2.45) is 11.7 Å². The van der Waals surface area contributed by atoms with Crippen molar-refractivity contribution < 1.29 is 0 Å². The molecule has 0 aromatic heterocycles. The molecule has 0 radical (unpaired) electrons. The maximum atomic E-state index is 6.16. The predicted octanol–water partition coefficient (Wildman–Crippen LogP) is 1.53. The van der Waals surface area contributed by atoms with Crippen LogP contribution in [0.15, 0.2) is 0 Å². The quantitative estimate of drug-likeness (QED) is 0.811. The summed E-state index contributed by atoms with van der Waals surface area (Å²) in [7, 11) is 2.23. The standard InChI is InChI=1S/C14H29N3/c1-4-13-5-6-14(9-13,11-15)17-8-7-16(3)10-12(17)2/h12-13H,4-11,15H2,1-3H3. The van der Waals surface area contributed by atoms with E-state index in [4.69, 9.17) is 5.73 Å². The SMILES string of the molecule is CCC1CCC(CN)(N2CCN(C)CC2C)C1. The molecule has 100 valence electrons. The van der Waals surface area contributed by atoms with Crippen LogP contribution in [-0.2, 0) is 0 Å². The average molecular weight is 239 g/mol. The second-order valence-electron chi connectivity index (χ2n) is 6.25. The van der Waals surface area contributed by atoms with Crippen molar-refractivity contribution in [3.8, 4) is 0 Å². The number of piperazine rings is 1. The Balaban J connectivity index is 2.08. The van der Waals surface area contributed by atoms with E-state index in [-0.39, 0.29) is 0 Å². The van der Waals surface area contributed by atoms with Crippen LogP contribution in [0.25, 0.3) is 0 Å². The highest BCUT2D eigenvalue weighted by Gasteiger charge is 2.44. The van der Waals surface area contributed by atoms with Gasteiger partial charge in [0.05, 0.1) is 0 Å². The monoisotopic (exact) mass is 239 g/mol. The molecule has 3 heteroatoms. The van der Waals surface area contributed by atoms with Crippen LogP contribution < -0.4 is 5.73 Å². The van der Waals surface area contributed by atoms with E-state index in [9.17, 15) is 0 Å². The fourth-order valence-electron chi connectivity index (χ4n) is 3.97.